The monoisotopic (exact) mass is 368 g/mol. The lowest BCUT2D eigenvalue weighted by Gasteiger charge is -2.36. The minimum Gasteiger partial charge on any atom is -0.497 e. The molecule has 5 nitrogen and oxygen atoms in total. The maximum Gasteiger partial charge on any atom is 0.159 e. The van der Waals surface area contributed by atoms with E-state index in [1.165, 1.54) is 5.69 Å². The highest BCUT2D eigenvalue weighted by atomic mass is 16.5. The van der Waals surface area contributed by atoms with Crippen LogP contribution in [0.1, 0.15) is 23.7 Å². The predicted octanol–water partition coefficient (Wildman–Crippen LogP) is 3.49. The maximum absolute atomic E-state index is 11.4. The third kappa shape index (κ3) is 5.47. The van der Waals surface area contributed by atoms with Gasteiger partial charge in [0.05, 0.1) is 13.7 Å². The summed E-state index contributed by atoms with van der Waals surface area (Å²) in [5.41, 5.74) is 1.97. The van der Waals surface area contributed by atoms with Gasteiger partial charge in [0.15, 0.2) is 5.78 Å². The average molecular weight is 368 g/mol. The third-order valence-electron chi connectivity index (χ3n) is 4.96. The van der Waals surface area contributed by atoms with E-state index in [1.54, 1.807) is 14.0 Å². The first-order chi connectivity index (χ1) is 13.2. The molecule has 0 aliphatic carbocycles. The molecule has 0 aromatic heterocycles. The Morgan fingerprint density at radius 1 is 0.926 bits per heavy atom. The van der Waals surface area contributed by atoms with E-state index >= 15 is 0 Å². The number of Topliss-reactive ketones (excluding diaryl/α,β-unsaturated/α-hetero) is 1. The van der Waals surface area contributed by atoms with Gasteiger partial charge in [-0.15, -0.1) is 0 Å². The smallest absolute Gasteiger partial charge is 0.159 e. The van der Waals surface area contributed by atoms with Crippen LogP contribution in [0.3, 0.4) is 0 Å². The molecule has 144 valence electrons. The molecule has 0 saturated carbocycles. The Kier molecular flexibility index (Phi) is 6.71. The molecule has 1 fully saturated rings. The van der Waals surface area contributed by atoms with Crippen molar-refractivity contribution in [3.63, 3.8) is 0 Å². The van der Waals surface area contributed by atoms with Crippen LogP contribution < -0.4 is 14.4 Å². The number of nitrogens with zero attached hydrogens (tertiary/aromatic N) is 2. The maximum atomic E-state index is 11.4. The van der Waals surface area contributed by atoms with Crippen LogP contribution in [0, 0.1) is 0 Å². The van der Waals surface area contributed by atoms with Gasteiger partial charge in [-0.3, -0.25) is 9.69 Å². The molecule has 1 aliphatic heterocycles. The quantitative estimate of drug-likeness (QED) is 0.527. The molecule has 0 radical (unpaired) electrons. The van der Waals surface area contributed by atoms with E-state index in [0.29, 0.717) is 0 Å². The topological polar surface area (TPSA) is 42.0 Å². The summed E-state index contributed by atoms with van der Waals surface area (Å²) >= 11 is 0. The Morgan fingerprint density at radius 3 is 2.15 bits per heavy atom. The Morgan fingerprint density at radius 2 is 1.56 bits per heavy atom. The van der Waals surface area contributed by atoms with Crippen molar-refractivity contribution in [3.8, 4) is 11.5 Å². The van der Waals surface area contributed by atoms with E-state index in [-0.39, 0.29) is 5.78 Å². The molecule has 2 aromatic carbocycles. The molecule has 0 bridgehead atoms. The molecule has 5 heteroatoms. The fraction of sp³-hybridized carbons (Fsp3) is 0.409. The molecule has 1 heterocycles. The SMILES string of the molecule is COc1ccc(OCCCN2CCN(c3ccc(C(C)=O)cc3)CC2)cc1. The molecule has 0 spiro atoms. The van der Waals surface area contributed by atoms with Crippen LogP contribution in [-0.2, 0) is 0 Å². The van der Waals surface area contributed by atoms with Gasteiger partial charge in [-0.25, -0.2) is 0 Å². The molecule has 3 rings (SSSR count). The second-order valence-corrected chi connectivity index (χ2v) is 6.81. The minimum absolute atomic E-state index is 0.114. The number of hydrogen-bond acceptors (Lipinski definition) is 5. The summed E-state index contributed by atoms with van der Waals surface area (Å²) < 4.78 is 10.9. The largest absolute Gasteiger partial charge is 0.497 e. The summed E-state index contributed by atoms with van der Waals surface area (Å²) in [6, 6.07) is 15.6. The second kappa shape index (κ2) is 9.42. The van der Waals surface area contributed by atoms with Crippen LogP contribution in [0.25, 0.3) is 0 Å². The molecular weight excluding hydrogens is 340 g/mol. The Balaban J connectivity index is 1.36. The van der Waals surface area contributed by atoms with Crippen LogP contribution >= 0.6 is 0 Å². The first kappa shape index (κ1) is 19.2. The number of ketones is 1. The van der Waals surface area contributed by atoms with E-state index in [0.717, 1.165) is 62.8 Å². The van der Waals surface area contributed by atoms with Gasteiger partial charge in [0.2, 0.25) is 0 Å². The molecule has 27 heavy (non-hydrogen) atoms. The van der Waals surface area contributed by atoms with E-state index in [4.69, 9.17) is 9.47 Å². The minimum atomic E-state index is 0.114. The zero-order chi connectivity index (χ0) is 19.1. The Labute approximate surface area is 161 Å². The standard InChI is InChI=1S/C22H28N2O3/c1-18(25)19-4-6-20(7-5-19)24-15-13-23(14-16-24)12-3-17-27-22-10-8-21(26-2)9-11-22/h4-11H,3,12-17H2,1-2H3. The van der Waals surface area contributed by atoms with E-state index in [9.17, 15) is 4.79 Å². The fourth-order valence-electron chi connectivity index (χ4n) is 3.29. The van der Waals surface area contributed by atoms with Crippen molar-refractivity contribution < 1.29 is 14.3 Å². The van der Waals surface area contributed by atoms with Gasteiger partial charge in [0.25, 0.3) is 0 Å². The van der Waals surface area contributed by atoms with Gasteiger partial charge >= 0.3 is 0 Å². The zero-order valence-corrected chi connectivity index (χ0v) is 16.2. The number of benzene rings is 2. The molecule has 2 aromatic rings. The fourth-order valence-corrected chi connectivity index (χ4v) is 3.29. The van der Waals surface area contributed by atoms with Crippen molar-refractivity contribution in [3.05, 3.63) is 54.1 Å². The summed E-state index contributed by atoms with van der Waals surface area (Å²) in [4.78, 5) is 16.3. The Bertz CT molecular complexity index is 720. The average Bonchev–Trinajstić information content (AvgIpc) is 2.72. The summed E-state index contributed by atoms with van der Waals surface area (Å²) in [5, 5.41) is 0. The molecular formula is C22H28N2O3. The lowest BCUT2D eigenvalue weighted by atomic mass is 10.1. The second-order valence-electron chi connectivity index (χ2n) is 6.81. The molecule has 0 atom stereocenters. The van der Waals surface area contributed by atoms with Crippen LogP contribution in [0.15, 0.2) is 48.5 Å². The third-order valence-corrected chi connectivity index (χ3v) is 4.96. The van der Waals surface area contributed by atoms with Crippen LogP contribution in [0.2, 0.25) is 0 Å². The number of carbonyl (C=O) groups excluding carboxylic acids is 1. The zero-order valence-electron chi connectivity index (χ0n) is 16.2. The highest BCUT2D eigenvalue weighted by Gasteiger charge is 2.17. The molecule has 0 unspecified atom stereocenters. The van der Waals surface area contributed by atoms with Gasteiger partial charge in [-0.05, 0) is 61.9 Å². The van der Waals surface area contributed by atoms with Gasteiger partial charge in [0, 0.05) is 44.0 Å². The van der Waals surface area contributed by atoms with Gasteiger partial charge in [-0.2, -0.15) is 0 Å². The normalized spacial score (nSPS) is 14.8. The first-order valence-electron chi connectivity index (χ1n) is 9.51. The van der Waals surface area contributed by atoms with Crippen molar-refractivity contribution >= 4 is 11.5 Å². The first-order valence-corrected chi connectivity index (χ1v) is 9.51. The van der Waals surface area contributed by atoms with Crippen LogP contribution in [0.5, 0.6) is 11.5 Å². The summed E-state index contributed by atoms with van der Waals surface area (Å²) in [6.45, 7) is 7.50. The summed E-state index contributed by atoms with van der Waals surface area (Å²) in [6.07, 6.45) is 1.01. The lowest BCUT2D eigenvalue weighted by Crippen LogP contribution is -2.46. The number of anilines is 1. The molecule has 0 amide bonds. The molecule has 1 saturated heterocycles. The Hall–Kier alpha value is -2.53. The van der Waals surface area contributed by atoms with Gasteiger partial charge in [-0.1, -0.05) is 0 Å². The highest BCUT2D eigenvalue weighted by Crippen LogP contribution is 2.19. The van der Waals surface area contributed by atoms with Gasteiger partial charge < -0.3 is 14.4 Å². The van der Waals surface area contributed by atoms with E-state index < -0.39 is 0 Å². The van der Waals surface area contributed by atoms with Crippen molar-refractivity contribution in [2.45, 2.75) is 13.3 Å². The number of ether oxygens (including phenoxy) is 2. The predicted molar refractivity (Wildman–Crippen MR) is 108 cm³/mol. The summed E-state index contributed by atoms with van der Waals surface area (Å²) in [7, 11) is 1.66. The highest BCUT2D eigenvalue weighted by molar-refractivity contribution is 5.94. The molecule has 0 N–H and O–H groups in total. The van der Waals surface area contributed by atoms with Crippen molar-refractivity contribution in [1.82, 2.24) is 4.90 Å². The number of methoxy groups -OCH3 is 1. The van der Waals surface area contributed by atoms with Crippen LogP contribution in [0.4, 0.5) is 5.69 Å². The number of piperazine rings is 1. The van der Waals surface area contributed by atoms with Gasteiger partial charge in [0.1, 0.15) is 11.5 Å². The molecule has 1 aliphatic rings. The van der Waals surface area contributed by atoms with Crippen LogP contribution in [-0.4, -0.2) is 57.1 Å². The van der Waals surface area contributed by atoms with Crippen molar-refractivity contribution in [2.75, 3.05) is 51.3 Å². The van der Waals surface area contributed by atoms with E-state index in [1.807, 2.05) is 36.4 Å². The van der Waals surface area contributed by atoms with Crippen molar-refractivity contribution in [1.29, 1.82) is 0 Å². The summed E-state index contributed by atoms with van der Waals surface area (Å²) in [5.74, 6) is 1.84. The van der Waals surface area contributed by atoms with Crippen molar-refractivity contribution in [2.24, 2.45) is 0 Å². The number of rotatable bonds is 8. The number of carbonyl (C=O) groups is 1. The lowest BCUT2D eigenvalue weighted by molar-refractivity contribution is 0.101. The van der Waals surface area contributed by atoms with E-state index in [2.05, 4.69) is 21.9 Å². The number of hydrogen-bond donors (Lipinski definition) is 0.